The molecule has 0 amide bonds. The van der Waals surface area contributed by atoms with E-state index in [1.54, 1.807) is 17.8 Å². The van der Waals surface area contributed by atoms with Crippen LogP contribution in [0.1, 0.15) is 20.7 Å². The van der Waals surface area contributed by atoms with Crippen LogP contribution in [0.2, 0.25) is 0 Å². The fraction of sp³-hybridized carbons (Fsp3) is 0.0769. The number of benzene rings is 1. The van der Waals surface area contributed by atoms with Crippen LogP contribution in [0.3, 0.4) is 0 Å². The second-order valence-electron chi connectivity index (χ2n) is 3.59. The maximum atomic E-state index is 11.3. The highest BCUT2D eigenvalue weighted by Crippen LogP contribution is 2.33. The van der Waals surface area contributed by atoms with E-state index in [1.165, 1.54) is 28.8 Å². The second kappa shape index (κ2) is 6.66. The summed E-state index contributed by atoms with van der Waals surface area (Å²) in [5.74, 6) is 0. The number of hydrogen-bond donors (Lipinski definition) is 0. The van der Waals surface area contributed by atoms with Gasteiger partial charge in [-0.3, -0.25) is 9.59 Å². The summed E-state index contributed by atoms with van der Waals surface area (Å²) in [7, 11) is 0. The Balaban J connectivity index is 2.12. The molecule has 0 radical (unpaired) electrons. The summed E-state index contributed by atoms with van der Waals surface area (Å²) < 4.78 is 0. The third-order valence-electron chi connectivity index (χ3n) is 2.38. The van der Waals surface area contributed by atoms with Gasteiger partial charge in [0.15, 0.2) is 0 Å². The Kier molecular flexibility index (Phi) is 5.16. The lowest BCUT2D eigenvalue weighted by atomic mass is 10.1. The first-order valence-corrected chi connectivity index (χ1v) is 7.98. The Morgan fingerprint density at radius 1 is 1.11 bits per heavy atom. The van der Waals surface area contributed by atoms with Crippen molar-refractivity contribution in [1.29, 1.82) is 0 Å². The SMILES string of the molecule is O=C(Cl)c1ccc(C(=O)Cl)c(SCSC2=CC=C2)c1. The van der Waals surface area contributed by atoms with E-state index < -0.39 is 10.5 Å². The van der Waals surface area contributed by atoms with Crippen LogP contribution in [0.15, 0.2) is 46.2 Å². The molecular formula is C13H8Cl2O2S2. The zero-order chi connectivity index (χ0) is 13.8. The number of thioether (sulfide) groups is 2. The number of carbonyl (C=O) groups is 2. The first-order valence-electron chi connectivity index (χ1n) is 5.25. The minimum absolute atomic E-state index is 0.360. The maximum absolute atomic E-state index is 11.3. The lowest BCUT2D eigenvalue weighted by Gasteiger charge is -2.09. The highest BCUT2D eigenvalue weighted by atomic mass is 35.5. The second-order valence-corrected chi connectivity index (χ2v) is 6.71. The molecular weight excluding hydrogens is 323 g/mol. The molecule has 1 aromatic rings. The van der Waals surface area contributed by atoms with Crippen molar-refractivity contribution < 1.29 is 9.59 Å². The molecule has 0 N–H and O–H groups in total. The van der Waals surface area contributed by atoms with Crippen LogP contribution in [0.5, 0.6) is 0 Å². The van der Waals surface area contributed by atoms with Crippen molar-refractivity contribution in [3.8, 4) is 0 Å². The molecule has 0 bridgehead atoms. The molecule has 0 heterocycles. The minimum atomic E-state index is -0.548. The average Bonchev–Trinajstić information content (AvgIpc) is 2.31. The van der Waals surface area contributed by atoms with Crippen LogP contribution in [-0.4, -0.2) is 15.6 Å². The molecule has 1 aliphatic rings. The van der Waals surface area contributed by atoms with Crippen LogP contribution in [-0.2, 0) is 0 Å². The maximum Gasteiger partial charge on any atom is 0.253 e. The van der Waals surface area contributed by atoms with Gasteiger partial charge in [0.25, 0.3) is 10.5 Å². The van der Waals surface area contributed by atoms with Gasteiger partial charge in [-0.25, -0.2) is 0 Å². The molecule has 0 aromatic heterocycles. The van der Waals surface area contributed by atoms with Crippen LogP contribution in [0, 0.1) is 0 Å². The minimum Gasteiger partial charge on any atom is -0.276 e. The standard InChI is InChI=1S/C13H8Cl2O2S2/c14-12(16)8-4-5-10(13(15)17)11(6-8)19-7-18-9-2-1-3-9/h1-6H,7H2. The zero-order valence-corrected chi connectivity index (χ0v) is 12.7. The molecule has 2 nitrogen and oxygen atoms in total. The van der Waals surface area contributed by atoms with Crippen molar-refractivity contribution in [1.82, 2.24) is 0 Å². The largest absolute Gasteiger partial charge is 0.276 e. The van der Waals surface area contributed by atoms with Gasteiger partial charge in [0.05, 0.1) is 0 Å². The predicted octanol–water partition coefficient (Wildman–Crippen LogP) is 4.68. The van der Waals surface area contributed by atoms with Crippen molar-refractivity contribution in [2.45, 2.75) is 4.90 Å². The van der Waals surface area contributed by atoms with E-state index in [0.717, 1.165) is 5.08 Å². The van der Waals surface area contributed by atoms with Crippen LogP contribution in [0.25, 0.3) is 0 Å². The Morgan fingerprint density at radius 3 is 2.37 bits per heavy atom. The highest BCUT2D eigenvalue weighted by molar-refractivity contribution is 8.18. The fourth-order valence-electron chi connectivity index (χ4n) is 1.36. The molecule has 1 aromatic carbocycles. The normalized spacial score (nSPS) is 12.8. The Bertz CT molecular complexity index is 594. The van der Waals surface area contributed by atoms with Crippen LogP contribution >= 0.6 is 46.7 Å². The zero-order valence-electron chi connectivity index (χ0n) is 9.56. The summed E-state index contributed by atoms with van der Waals surface area (Å²) in [6.07, 6.45) is 5.99. The van der Waals surface area contributed by atoms with Gasteiger partial charge >= 0.3 is 0 Å². The topological polar surface area (TPSA) is 34.1 Å². The molecule has 6 heteroatoms. The van der Waals surface area contributed by atoms with Gasteiger partial charge < -0.3 is 0 Å². The smallest absolute Gasteiger partial charge is 0.253 e. The van der Waals surface area contributed by atoms with Gasteiger partial charge in [0.2, 0.25) is 0 Å². The molecule has 1 aliphatic carbocycles. The molecule has 0 aliphatic heterocycles. The summed E-state index contributed by atoms with van der Waals surface area (Å²) in [6.45, 7) is 0. The van der Waals surface area contributed by atoms with Crippen molar-refractivity contribution in [3.05, 3.63) is 52.5 Å². The molecule has 2 rings (SSSR count). The van der Waals surface area contributed by atoms with Gasteiger partial charge in [0, 0.05) is 26.0 Å². The molecule has 0 saturated heterocycles. The summed E-state index contributed by atoms with van der Waals surface area (Å²) in [5, 5.41) is -0.357. The molecule has 19 heavy (non-hydrogen) atoms. The first kappa shape index (κ1) is 14.7. The molecule has 0 fully saturated rings. The third-order valence-corrected chi connectivity index (χ3v) is 5.00. The average molecular weight is 331 g/mol. The molecule has 98 valence electrons. The van der Waals surface area contributed by atoms with E-state index in [1.807, 2.05) is 18.2 Å². The summed E-state index contributed by atoms with van der Waals surface area (Å²) in [6, 6.07) is 4.63. The monoisotopic (exact) mass is 330 g/mol. The molecule has 0 unspecified atom stereocenters. The van der Waals surface area contributed by atoms with Crippen molar-refractivity contribution in [3.63, 3.8) is 0 Å². The quantitative estimate of drug-likeness (QED) is 0.431. The lowest BCUT2D eigenvalue weighted by Crippen LogP contribution is -1.97. The summed E-state index contributed by atoms with van der Waals surface area (Å²) in [5.41, 5.74) is 0.755. The van der Waals surface area contributed by atoms with Gasteiger partial charge in [-0.1, -0.05) is 6.08 Å². The molecule has 0 atom stereocenters. The van der Waals surface area contributed by atoms with E-state index in [2.05, 4.69) is 0 Å². The van der Waals surface area contributed by atoms with Gasteiger partial charge in [-0.2, -0.15) is 0 Å². The third kappa shape index (κ3) is 3.89. The number of allylic oxidation sites excluding steroid dienone is 3. The van der Waals surface area contributed by atoms with E-state index in [0.29, 0.717) is 16.0 Å². The lowest BCUT2D eigenvalue weighted by molar-refractivity contribution is 0.106. The van der Waals surface area contributed by atoms with Crippen LogP contribution in [0.4, 0.5) is 0 Å². The first-order chi connectivity index (χ1) is 9.08. The predicted molar refractivity (Wildman–Crippen MR) is 82.3 cm³/mol. The molecule has 0 spiro atoms. The summed E-state index contributed by atoms with van der Waals surface area (Å²) in [4.78, 5) is 24.3. The van der Waals surface area contributed by atoms with Gasteiger partial charge in [-0.15, -0.1) is 23.5 Å². The van der Waals surface area contributed by atoms with E-state index in [-0.39, 0.29) is 0 Å². The Hall–Kier alpha value is -0.680. The van der Waals surface area contributed by atoms with Gasteiger partial charge in [-0.05, 0) is 53.6 Å². The number of rotatable bonds is 6. The molecule has 0 saturated carbocycles. The van der Waals surface area contributed by atoms with E-state index in [9.17, 15) is 9.59 Å². The Labute approximate surface area is 129 Å². The summed E-state index contributed by atoms with van der Waals surface area (Å²) >= 11 is 14.1. The van der Waals surface area contributed by atoms with E-state index in [4.69, 9.17) is 23.2 Å². The number of halogens is 2. The number of hydrogen-bond acceptors (Lipinski definition) is 4. The van der Waals surface area contributed by atoms with E-state index >= 15 is 0 Å². The van der Waals surface area contributed by atoms with Gasteiger partial charge in [0.1, 0.15) is 0 Å². The fourth-order valence-corrected chi connectivity index (χ4v) is 3.86. The Morgan fingerprint density at radius 2 is 1.84 bits per heavy atom. The number of carbonyl (C=O) groups excluding carboxylic acids is 2. The van der Waals surface area contributed by atoms with Crippen molar-refractivity contribution in [2.75, 3.05) is 5.08 Å². The van der Waals surface area contributed by atoms with Crippen LogP contribution < -0.4 is 0 Å². The highest BCUT2D eigenvalue weighted by Gasteiger charge is 2.13. The van der Waals surface area contributed by atoms with Crippen molar-refractivity contribution in [2.24, 2.45) is 0 Å². The van der Waals surface area contributed by atoms with Crippen molar-refractivity contribution >= 4 is 57.2 Å².